The quantitative estimate of drug-likeness (QED) is 0.477. The van der Waals surface area contributed by atoms with Crippen molar-refractivity contribution in [2.24, 2.45) is 0 Å². The van der Waals surface area contributed by atoms with Gasteiger partial charge in [-0.1, -0.05) is 12.1 Å². The van der Waals surface area contributed by atoms with Crippen LogP contribution >= 0.6 is 11.8 Å². The summed E-state index contributed by atoms with van der Waals surface area (Å²) in [5.74, 6) is 2.08. The lowest BCUT2D eigenvalue weighted by molar-refractivity contribution is -0.385. The minimum atomic E-state index is -0.461. The summed E-state index contributed by atoms with van der Waals surface area (Å²) < 4.78 is 0. The van der Waals surface area contributed by atoms with Crippen LogP contribution in [0.4, 0.5) is 11.5 Å². The Kier molecular flexibility index (Phi) is 5.84. The van der Waals surface area contributed by atoms with E-state index in [0.29, 0.717) is 37.7 Å². The average molecular weight is 427 g/mol. The molecular formula is C20H22N6O3S. The Bertz CT molecular complexity index is 1010. The van der Waals surface area contributed by atoms with Crippen molar-refractivity contribution in [1.29, 1.82) is 0 Å². The fourth-order valence-electron chi connectivity index (χ4n) is 3.39. The zero-order valence-electron chi connectivity index (χ0n) is 16.5. The van der Waals surface area contributed by atoms with Crippen LogP contribution in [0.15, 0.2) is 42.6 Å². The molecule has 10 heteroatoms. The molecule has 1 aromatic carbocycles. The molecule has 1 fully saturated rings. The van der Waals surface area contributed by atoms with E-state index in [2.05, 4.69) is 15.0 Å². The van der Waals surface area contributed by atoms with Crippen LogP contribution in [0.5, 0.6) is 0 Å². The van der Waals surface area contributed by atoms with E-state index in [1.165, 1.54) is 12.3 Å². The summed E-state index contributed by atoms with van der Waals surface area (Å²) in [4.78, 5) is 38.9. The van der Waals surface area contributed by atoms with Crippen LogP contribution in [0.2, 0.25) is 0 Å². The number of fused-ring (bicyclic) bond motifs is 1. The first-order valence-corrected chi connectivity index (χ1v) is 10.8. The van der Waals surface area contributed by atoms with Crippen molar-refractivity contribution in [3.05, 3.63) is 58.5 Å². The third-order valence-electron chi connectivity index (χ3n) is 5.15. The van der Waals surface area contributed by atoms with Crippen LogP contribution in [-0.2, 0) is 4.79 Å². The van der Waals surface area contributed by atoms with Gasteiger partial charge in [-0.25, -0.2) is 9.97 Å². The molecule has 2 aromatic heterocycles. The molecule has 1 saturated heterocycles. The predicted octanol–water partition coefficient (Wildman–Crippen LogP) is 3.01. The molecule has 30 heavy (non-hydrogen) atoms. The van der Waals surface area contributed by atoms with Crippen molar-refractivity contribution < 1.29 is 9.72 Å². The molecule has 1 amide bonds. The largest absolute Gasteiger partial charge is 0.353 e. The number of hydrogen-bond acceptors (Lipinski definition) is 7. The van der Waals surface area contributed by atoms with Gasteiger partial charge in [0.05, 0.1) is 27.0 Å². The van der Waals surface area contributed by atoms with Crippen LogP contribution in [0.1, 0.15) is 18.0 Å². The number of hydrogen-bond donors (Lipinski definition) is 1. The van der Waals surface area contributed by atoms with Crippen LogP contribution in [-0.4, -0.2) is 62.6 Å². The lowest BCUT2D eigenvalue weighted by Crippen LogP contribution is -2.49. The molecule has 1 aliphatic rings. The van der Waals surface area contributed by atoms with Crippen molar-refractivity contribution in [2.75, 3.05) is 36.8 Å². The average Bonchev–Trinajstić information content (AvgIpc) is 3.22. The molecule has 0 radical (unpaired) electrons. The first-order valence-electron chi connectivity index (χ1n) is 9.70. The normalized spacial score (nSPS) is 15.4. The number of thioether (sulfide) groups is 1. The van der Waals surface area contributed by atoms with Gasteiger partial charge in [0.2, 0.25) is 5.91 Å². The maximum Gasteiger partial charge on any atom is 0.287 e. The molecule has 0 bridgehead atoms. The third kappa shape index (κ3) is 4.38. The first kappa shape index (κ1) is 20.1. The minimum absolute atomic E-state index is 0.0249. The van der Waals surface area contributed by atoms with Crippen molar-refractivity contribution in [3.63, 3.8) is 0 Å². The molecule has 1 unspecified atom stereocenters. The van der Waals surface area contributed by atoms with Gasteiger partial charge in [-0.15, -0.1) is 11.8 Å². The molecule has 1 N–H and O–H groups in total. The number of nitro groups is 1. The fraction of sp³-hybridized carbons (Fsp3) is 0.350. The maximum atomic E-state index is 12.6. The van der Waals surface area contributed by atoms with Gasteiger partial charge in [0.15, 0.2) is 0 Å². The summed E-state index contributed by atoms with van der Waals surface area (Å²) in [5, 5.41) is 10.8. The van der Waals surface area contributed by atoms with Gasteiger partial charge < -0.3 is 14.8 Å². The third-order valence-corrected chi connectivity index (χ3v) is 6.29. The van der Waals surface area contributed by atoms with Crippen LogP contribution in [0.25, 0.3) is 11.0 Å². The van der Waals surface area contributed by atoms with E-state index in [1.54, 1.807) is 17.8 Å². The van der Waals surface area contributed by atoms with Gasteiger partial charge in [0.1, 0.15) is 17.8 Å². The van der Waals surface area contributed by atoms with Crippen molar-refractivity contribution in [3.8, 4) is 0 Å². The van der Waals surface area contributed by atoms with E-state index in [9.17, 15) is 14.9 Å². The number of piperazine rings is 1. The summed E-state index contributed by atoms with van der Waals surface area (Å²) in [6, 6.07) is 11.0. The zero-order chi connectivity index (χ0) is 21.1. The SMILES string of the molecule is CC(SCC(=O)N1CCN(c2ccc([N+](=O)[O-])cn2)CC1)c1nc2ccccc2[nH]1. The molecule has 4 rings (SSSR count). The highest BCUT2D eigenvalue weighted by atomic mass is 32.2. The summed E-state index contributed by atoms with van der Waals surface area (Å²) in [6.07, 6.45) is 1.27. The second kappa shape index (κ2) is 8.70. The van der Waals surface area contributed by atoms with E-state index in [0.717, 1.165) is 16.9 Å². The van der Waals surface area contributed by atoms with Crippen molar-refractivity contribution in [1.82, 2.24) is 19.9 Å². The number of carbonyl (C=O) groups is 1. The topological polar surface area (TPSA) is 108 Å². The second-order valence-corrected chi connectivity index (χ2v) is 8.42. The predicted molar refractivity (Wildman–Crippen MR) is 117 cm³/mol. The molecule has 3 aromatic rings. The van der Waals surface area contributed by atoms with Crippen LogP contribution < -0.4 is 4.90 Å². The Morgan fingerprint density at radius 3 is 2.67 bits per heavy atom. The number of rotatable bonds is 6. The summed E-state index contributed by atoms with van der Waals surface area (Å²) in [6.45, 7) is 4.57. The van der Waals surface area contributed by atoms with E-state index in [4.69, 9.17) is 0 Å². The molecule has 0 aliphatic carbocycles. The molecule has 156 valence electrons. The number of H-pyrrole nitrogens is 1. The van der Waals surface area contributed by atoms with Crippen LogP contribution in [0.3, 0.4) is 0 Å². The minimum Gasteiger partial charge on any atom is -0.353 e. The van der Waals surface area contributed by atoms with E-state index >= 15 is 0 Å². The molecule has 1 atom stereocenters. The van der Waals surface area contributed by atoms with Gasteiger partial charge in [0.25, 0.3) is 5.69 Å². The number of imidazole rings is 1. The van der Waals surface area contributed by atoms with Gasteiger partial charge in [-0.2, -0.15) is 0 Å². The molecule has 1 aliphatic heterocycles. The van der Waals surface area contributed by atoms with Crippen molar-refractivity contribution >= 4 is 40.2 Å². The van der Waals surface area contributed by atoms with Crippen molar-refractivity contribution in [2.45, 2.75) is 12.2 Å². The Morgan fingerprint density at radius 1 is 1.23 bits per heavy atom. The number of amides is 1. The highest BCUT2D eigenvalue weighted by Crippen LogP contribution is 2.28. The summed E-state index contributed by atoms with van der Waals surface area (Å²) in [5.41, 5.74) is 1.91. The molecule has 9 nitrogen and oxygen atoms in total. The molecular weight excluding hydrogens is 404 g/mol. The smallest absolute Gasteiger partial charge is 0.287 e. The lowest BCUT2D eigenvalue weighted by atomic mass is 10.3. The Hall–Kier alpha value is -3.14. The van der Waals surface area contributed by atoms with E-state index < -0.39 is 4.92 Å². The number of pyridine rings is 1. The lowest BCUT2D eigenvalue weighted by Gasteiger charge is -2.35. The van der Waals surface area contributed by atoms with Gasteiger partial charge >= 0.3 is 0 Å². The number of benzene rings is 1. The van der Waals surface area contributed by atoms with E-state index in [-0.39, 0.29) is 16.8 Å². The number of nitrogens with one attached hydrogen (secondary N) is 1. The summed E-state index contributed by atoms with van der Waals surface area (Å²) in [7, 11) is 0. The van der Waals surface area contributed by atoms with E-state index in [1.807, 2.05) is 41.0 Å². The van der Waals surface area contributed by atoms with Crippen LogP contribution in [0, 0.1) is 10.1 Å². The monoisotopic (exact) mass is 426 g/mol. The number of carbonyl (C=O) groups excluding carboxylic acids is 1. The fourth-order valence-corrected chi connectivity index (χ4v) is 4.23. The van der Waals surface area contributed by atoms with Gasteiger partial charge in [0, 0.05) is 32.2 Å². The molecule has 0 saturated carbocycles. The maximum absolute atomic E-state index is 12.6. The Balaban J connectivity index is 1.27. The van der Waals surface area contributed by atoms with Gasteiger partial charge in [-0.05, 0) is 25.1 Å². The number of aromatic amines is 1. The Morgan fingerprint density at radius 2 is 2.00 bits per heavy atom. The standard InChI is InChI=1S/C20H22N6O3S/c1-14(20-22-16-4-2-3-5-17(16)23-20)30-13-19(27)25-10-8-24(9-11-25)18-7-6-15(12-21-18)26(28)29/h2-7,12,14H,8-11,13H2,1H3,(H,22,23). The zero-order valence-corrected chi connectivity index (χ0v) is 17.3. The highest BCUT2D eigenvalue weighted by Gasteiger charge is 2.23. The Labute approximate surface area is 177 Å². The second-order valence-electron chi connectivity index (χ2n) is 7.09. The highest BCUT2D eigenvalue weighted by molar-refractivity contribution is 8.00. The summed E-state index contributed by atoms with van der Waals surface area (Å²) >= 11 is 1.57. The number of nitrogens with zero attached hydrogens (tertiary/aromatic N) is 5. The molecule has 3 heterocycles. The number of para-hydroxylation sites is 2. The van der Waals surface area contributed by atoms with Gasteiger partial charge in [-0.3, -0.25) is 14.9 Å². The number of anilines is 1. The number of aromatic nitrogens is 3. The first-order chi connectivity index (χ1) is 14.5. The molecule has 0 spiro atoms.